The van der Waals surface area contributed by atoms with Crippen LogP contribution in [0.1, 0.15) is 41.5 Å². The van der Waals surface area contributed by atoms with E-state index in [0.717, 1.165) is 34.9 Å². The second-order valence-corrected chi connectivity index (χ2v) is 8.39. The van der Waals surface area contributed by atoms with Crippen LogP contribution in [-0.2, 0) is 17.6 Å². The number of hydrogen-bond acceptors (Lipinski definition) is 3. The van der Waals surface area contributed by atoms with Crippen molar-refractivity contribution in [2.45, 2.75) is 32.1 Å². The summed E-state index contributed by atoms with van der Waals surface area (Å²) in [5.74, 6) is 1.22. The zero-order valence-electron chi connectivity index (χ0n) is 20.1. The molecule has 0 fully saturated rings. The Balaban J connectivity index is 1.63. The van der Waals surface area contributed by atoms with E-state index < -0.39 is 0 Å². The quantitative estimate of drug-likeness (QED) is 0.325. The fraction of sp³-hybridized carbons (Fsp3) is 0.276. The molecule has 0 saturated carbocycles. The average Bonchev–Trinajstić information content (AvgIpc) is 3.31. The topological polar surface area (TPSA) is 63.4 Å². The molecule has 0 aliphatic heterocycles. The van der Waals surface area contributed by atoms with Gasteiger partial charge in [-0.1, -0.05) is 61.5 Å². The normalized spacial score (nSPS) is 11.9. The monoisotopic (exact) mass is 456 g/mol. The molecule has 3 aromatic carbocycles. The molecule has 0 unspecified atom stereocenters. The first-order valence-electron chi connectivity index (χ1n) is 11.8. The van der Waals surface area contributed by atoms with E-state index in [0.29, 0.717) is 24.5 Å². The van der Waals surface area contributed by atoms with Crippen LogP contribution in [-0.4, -0.2) is 31.7 Å². The van der Waals surface area contributed by atoms with Crippen molar-refractivity contribution in [3.05, 3.63) is 95.2 Å². The van der Waals surface area contributed by atoms with Crippen molar-refractivity contribution >= 4 is 16.8 Å². The van der Waals surface area contributed by atoms with Gasteiger partial charge in [0.2, 0.25) is 5.91 Å². The van der Waals surface area contributed by atoms with Crippen molar-refractivity contribution in [2.75, 3.05) is 20.8 Å². The van der Waals surface area contributed by atoms with E-state index in [1.807, 2.05) is 42.6 Å². The lowest BCUT2D eigenvalue weighted by Crippen LogP contribution is -2.27. The highest BCUT2D eigenvalue weighted by molar-refractivity contribution is 5.88. The minimum absolute atomic E-state index is 0.0247. The lowest BCUT2D eigenvalue weighted by Gasteiger charge is -2.19. The SMILES string of the molecule is CCc1cccc2c([C@H](CC(=O)NCCc3ccccc3)c3ccc(OC)c(OC)c3)c[nH]c12. The van der Waals surface area contributed by atoms with Gasteiger partial charge in [0.05, 0.1) is 14.2 Å². The van der Waals surface area contributed by atoms with Crippen LogP contribution < -0.4 is 14.8 Å². The molecule has 1 amide bonds. The number of carbonyl (C=O) groups excluding carboxylic acids is 1. The number of fused-ring (bicyclic) bond motifs is 1. The predicted molar refractivity (Wildman–Crippen MR) is 137 cm³/mol. The molecular formula is C29H32N2O3. The van der Waals surface area contributed by atoms with E-state index in [9.17, 15) is 4.79 Å². The highest BCUT2D eigenvalue weighted by Crippen LogP contribution is 2.38. The van der Waals surface area contributed by atoms with Crippen molar-refractivity contribution in [3.8, 4) is 11.5 Å². The molecule has 2 N–H and O–H groups in total. The summed E-state index contributed by atoms with van der Waals surface area (Å²) in [6, 6.07) is 22.5. The third-order valence-corrected chi connectivity index (χ3v) is 6.37. The Morgan fingerprint density at radius 1 is 0.971 bits per heavy atom. The summed E-state index contributed by atoms with van der Waals surface area (Å²) >= 11 is 0. The summed E-state index contributed by atoms with van der Waals surface area (Å²) in [4.78, 5) is 16.5. The van der Waals surface area contributed by atoms with E-state index in [4.69, 9.17) is 9.47 Å². The second-order valence-electron chi connectivity index (χ2n) is 8.39. The minimum atomic E-state index is -0.127. The van der Waals surface area contributed by atoms with E-state index in [1.165, 1.54) is 11.1 Å². The molecule has 1 heterocycles. The smallest absolute Gasteiger partial charge is 0.220 e. The highest BCUT2D eigenvalue weighted by Gasteiger charge is 2.23. The molecule has 0 spiro atoms. The summed E-state index contributed by atoms with van der Waals surface area (Å²) in [5, 5.41) is 4.26. The van der Waals surface area contributed by atoms with Gasteiger partial charge in [-0.2, -0.15) is 0 Å². The molecule has 0 bridgehead atoms. The lowest BCUT2D eigenvalue weighted by atomic mass is 9.87. The second kappa shape index (κ2) is 10.9. The van der Waals surface area contributed by atoms with Gasteiger partial charge in [0.1, 0.15) is 0 Å². The van der Waals surface area contributed by atoms with Gasteiger partial charge in [-0.25, -0.2) is 0 Å². The van der Waals surface area contributed by atoms with Crippen molar-refractivity contribution in [1.29, 1.82) is 0 Å². The Hall–Kier alpha value is -3.73. The maximum Gasteiger partial charge on any atom is 0.220 e. The Morgan fingerprint density at radius 2 is 1.76 bits per heavy atom. The van der Waals surface area contributed by atoms with Gasteiger partial charge < -0.3 is 19.8 Å². The first kappa shape index (κ1) is 23.4. The van der Waals surface area contributed by atoms with Crippen molar-refractivity contribution in [1.82, 2.24) is 10.3 Å². The van der Waals surface area contributed by atoms with Crippen LogP contribution in [0, 0.1) is 0 Å². The van der Waals surface area contributed by atoms with Gasteiger partial charge >= 0.3 is 0 Å². The number of ether oxygens (including phenoxy) is 2. The molecule has 0 aliphatic carbocycles. The summed E-state index contributed by atoms with van der Waals surface area (Å²) < 4.78 is 11.0. The third-order valence-electron chi connectivity index (χ3n) is 6.37. The molecule has 5 heteroatoms. The molecule has 1 atom stereocenters. The first-order valence-corrected chi connectivity index (χ1v) is 11.8. The van der Waals surface area contributed by atoms with Crippen molar-refractivity contribution in [3.63, 3.8) is 0 Å². The molecule has 0 aliphatic rings. The molecule has 4 aromatic rings. The average molecular weight is 457 g/mol. The van der Waals surface area contributed by atoms with Crippen LogP contribution in [0.3, 0.4) is 0 Å². The predicted octanol–water partition coefficient (Wildman–Crippen LogP) is 5.63. The van der Waals surface area contributed by atoms with E-state index in [1.54, 1.807) is 14.2 Å². The van der Waals surface area contributed by atoms with Crippen LogP contribution >= 0.6 is 0 Å². The molecule has 176 valence electrons. The minimum Gasteiger partial charge on any atom is -0.493 e. The van der Waals surface area contributed by atoms with Crippen LogP contribution in [0.4, 0.5) is 0 Å². The number of amides is 1. The van der Waals surface area contributed by atoms with E-state index in [2.05, 4.69) is 47.6 Å². The Morgan fingerprint density at radius 3 is 2.50 bits per heavy atom. The highest BCUT2D eigenvalue weighted by atomic mass is 16.5. The summed E-state index contributed by atoms with van der Waals surface area (Å²) in [7, 11) is 3.26. The van der Waals surface area contributed by atoms with Crippen LogP contribution in [0.25, 0.3) is 10.9 Å². The number of nitrogens with one attached hydrogen (secondary N) is 2. The van der Waals surface area contributed by atoms with Gasteiger partial charge in [-0.05, 0) is 47.2 Å². The Kier molecular flexibility index (Phi) is 7.53. The number of para-hydroxylation sites is 1. The largest absolute Gasteiger partial charge is 0.493 e. The van der Waals surface area contributed by atoms with Gasteiger partial charge in [0, 0.05) is 36.0 Å². The molecule has 5 nitrogen and oxygen atoms in total. The fourth-order valence-corrected chi connectivity index (χ4v) is 4.55. The van der Waals surface area contributed by atoms with Gasteiger partial charge in [0.15, 0.2) is 11.5 Å². The number of benzene rings is 3. The van der Waals surface area contributed by atoms with Gasteiger partial charge in [0.25, 0.3) is 0 Å². The zero-order chi connectivity index (χ0) is 23.9. The van der Waals surface area contributed by atoms with E-state index >= 15 is 0 Å². The third kappa shape index (κ3) is 5.09. The number of aryl methyl sites for hydroxylation is 1. The number of carbonyl (C=O) groups is 1. The number of H-pyrrole nitrogens is 1. The molecule has 1 aromatic heterocycles. The standard InChI is InChI=1S/C29H32N2O3/c1-4-21-11-8-12-23-25(19-31-29(21)23)24(22-13-14-26(33-2)27(17-22)34-3)18-28(32)30-16-15-20-9-6-5-7-10-20/h5-14,17,19,24,31H,4,15-16,18H2,1-3H3,(H,30,32)/t24-/m1/s1. The Bertz CT molecular complexity index is 1250. The van der Waals surface area contributed by atoms with Gasteiger partial charge in [-0.3, -0.25) is 4.79 Å². The molecule has 4 rings (SSSR count). The summed E-state index contributed by atoms with van der Waals surface area (Å²) in [6.07, 6.45) is 4.13. The number of aromatic nitrogens is 1. The fourth-order valence-electron chi connectivity index (χ4n) is 4.55. The maximum atomic E-state index is 13.1. The van der Waals surface area contributed by atoms with Crippen LogP contribution in [0.15, 0.2) is 72.9 Å². The van der Waals surface area contributed by atoms with Crippen molar-refractivity contribution in [2.24, 2.45) is 0 Å². The van der Waals surface area contributed by atoms with Crippen LogP contribution in [0.2, 0.25) is 0 Å². The van der Waals surface area contributed by atoms with Crippen LogP contribution in [0.5, 0.6) is 11.5 Å². The molecule has 34 heavy (non-hydrogen) atoms. The molecule has 0 saturated heterocycles. The summed E-state index contributed by atoms with van der Waals surface area (Å²) in [5.41, 5.74) is 5.73. The number of hydrogen-bond donors (Lipinski definition) is 2. The van der Waals surface area contributed by atoms with Gasteiger partial charge in [-0.15, -0.1) is 0 Å². The molecule has 0 radical (unpaired) electrons. The first-order chi connectivity index (χ1) is 16.6. The van der Waals surface area contributed by atoms with Crippen molar-refractivity contribution < 1.29 is 14.3 Å². The molecular weight excluding hydrogens is 424 g/mol. The lowest BCUT2D eigenvalue weighted by molar-refractivity contribution is -0.121. The number of rotatable bonds is 10. The Labute approximate surface area is 201 Å². The zero-order valence-corrected chi connectivity index (χ0v) is 20.1. The van der Waals surface area contributed by atoms with E-state index in [-0.39, 0.29) is 11.8 Å². The number of aromatic amines is 1. The summed E-state index contributed by atoms with van der Waals surface area (Å²) in [6.45, 7) is 2.76. The number of methoxy groups -OCH3 is 2. The maximum absolute atomic E-state index is 13.1.